The fourth-order valence-corrected chi connectivity index (χ4v) is 0.971. The van der Waals surface area contributed by atoms with E-state index in [1.807, 2.05) is 13.8 Å². The summed E-state index contributed by atoms with van der Waals surface area (Å²) in [4.78, 5) is 11.0. The zero-order valence-electron chi connectivity index (χ0n) is 9.48. The topological polar surface area (TPSA) is 41.1 Å². The van der Waals surface area contributed by atoms with Gasteiger partial charge in [0.2, 0.25) is 5.91 Å². The molecule has 0 aliphatic carbocycles. The van der Waals surface area contributed by atoms with Crippen molar-refractivity contribution in [3.05, 3.63) is 0 Å². The molecule has 0 unspecified atom stereocenters. The predicted molar refractivity (Wildman–Crippen MR) is 55.9 cm³/mol. The summed E-state index contributed by atoms with van der Waals surface area (Å²) in [6, 6.07) is 0. The molecule has 0 saturated carbocycles. The molecule has 0 aromatic rings. The van der Waals surface area contributed by atoms with Gasteiger partial charge in [-0.25, -0.2) is 4.39 Å². The second kappa shape index (κ2) is 5.96. The van der Waals surface area contributed by atoms with Crippen molar-refractivity contribution in [3.63, 3.8) is 0 Å². The molecule has 84 valence electrons. The number of rotatable bonds is 3. The van der Waals surface area contributed by atoms with Gasteiger partial charge in [-0.3, -0.25) is 4.79 Å². The first kappa shape index (κ1) is 13.4. The van der Waals surface area contributed by atoms with E-state index in [9.17, 15) is 9.18 Å². The lowest BCUT2D eigenvalue weighted by Gasteiger charge is -2.35. The van der Waals surface area contributed by atoms with Crippen molar-refractivity contribution < 1.29 is 9.18 Å². The summed E-state index contributed by atoms with van der Waals surface area (Å²) in [7, 11) is 0. The smallest absolute Gasteiger partial charge is 0.222 e. The normalized spacial score (nSPS) is 17.9. The van der Waals surface area contributed by atoms with Gasteiger partial charge in [0, 0.05) is 19.0 Å². The van der Waals surface area contributed by atoms with Crippen LogP contribution in [0.3, 0.4) is 0 Å². The molecule has 1 saturated heterocycles. The van der Waals surface area contributed by atoms with Crippen molar-refractivity contribution in [3.8, 4) is 0 Å². The van der Waals surface area contributed by atoms with Gasteiger partial charge in [0.05, 0.1) is 6.54 Å². The second-order valence-corrected chi connectivity index (χ2v) is 3.63. The van der Waals surface area contributed by atoms with E-state index in [1.54, 1.807) is 13.8 Å². The summed E-state index contributed by atoms with van der Waals surface area (Å²) in [6.45, 7) is 8.42. The number of amides is 1. The molecule has 0 aromatic heterocycles. The van der Waals surface area contributed by atoms with Crippen molar-refractivity contribution in [1.82, 2.24) is 10.6 Å². The van der Waals surface area contributed by atoms with Crippen LogP contribution in [0.1, 0.15) is 27.7 Å². The maximum Gasteiger partial charge on any atom is 0.222 e. The van der Waals surface area contributed by atoms with E-state index in [2.05, 4.69) is 10.6 Å². The number of alkyl halides is 1. The van der Waals surface area contributed by atoms with Crippen LogP contribution in [0.5, 0.6) is 0 Å². The van der Waals surface area contributed by atoms with E-state index in [1.165, 1.54) is 0 Å². The Morgan fingerprint density at radius 3 is 2.29 bits per heavy atom. The Morgan fingerprint density at radius 1 is 1.50 bits per heavy atom. The molecule has 1 heterocycles. The molecule has 1 rings (SSSR count). The molecule has 1 fully saturated rings. The molecule has 2 N–H and O–H groups in total. The predicted octanol–water partition coefficient (Wildman–Crippen LogP) is 1.10. The van der Waals surface area contributed by atoms with E-state index >= 15 is 0 Å². The first-order valence-electron chi connectivity index (χ1n) is 5.21. The summed E-state index contributed by atoms with van der Waals surface area (Å²) in [5.74, 6) is -0.152. The van der Waals surface area contributed by atoms with Gasteiger partial charge < -0.3 is 10.6 Å². The number of halogens is 1. The van der Waals surface area contributed by atoms with Crippen LogP contribution >= 0.6 is 0 Å². The number of hydrogen-bond acceptors (Lipinski definition) is 2. The number of carbonyl (C=O) groups excluding carboxylic acids is 1. The third-order valence-corrected chi connectivity index (χ3v) is 1.99. The summed E-state index contributed by atoms with van der Waals surface area (Å²) >= 11 is 0. The highest BCUT2D eigenvalue weighted by Crippen LogP contribution is 2.14. The van der Waals surface area contributed by atoms with E-state index < -0.39 is 5.67 Å². The Bertz CT molecular complexity index is 179. The maximum absolute atomic E-state index is 13.3. The Morgan fingerprint density at radius 2 is 2.00 bits per heavy atom. The molecular formula is C10H21FN2O. The molecular weight excluding hydrogens is 183 g/mol. The van der Waals surface area contributed by atoms with Gasteiger partial charge >= 0.3 is 0 Å². The average molecular weight is 204 g/mol. The van der Waals surface area contributed by atoms with Crippen LogP contribution in [0, 0.1) is 5.92 Å². The molecule has 4 heteroatoms. The summed E-state index contributed by atoms with van der Waals surface area (Å²) in [5.41, 5.74) is -1.20. The highest BCUT2D eigenvalue weighted by molar-refractivity contribution is 5.77. The van der Waals surface area contributed by atoms with Crippen molar-refractivity contribution in [2.24, 2.45) is 5.92 Å². The number of carbonyl (C=O) groups is 1. The van der Waals surface area contributed by atoms with Crippen LogP contribution < -0.4 is 10.6 Å². The average Bonchev–Trinajstić information content (AvgIpc) is 2.14. The Hall–Kier alpha value is -0.640. The minimum atomic E-state index is -1.20. The van der Waals surface area contributed by atoms with E-state index in [0.29, 0.717) is 13.1 Å². The fourth-order valence-electron chi connectivity index (χ4n) is 0.971. The zero-order valence-corrected chi connectivity index (χ0v) is 9.48. The summed E-state index contributed by atoms with van der Waals surface area (Å²) < 4.78 is 13.3. The molecule has 0 radical (unpaired) electrons. The third kappa shape index (κ3) is 4.05. The molecule has 0 atom stereocenters. The molecule has 0 bridgehead atoms. The lowest BCUT2D eigenvalue weighted by molar-refractivity contribution is -0.124. The Balaban J connectivity index is 0.000000791. The number of hydrogen-bond donors (Lipinski definition) is 2. The highest BCUT2D eigenvalue weighted by atomic mass is 19.1. The quantitative estimate of drug-likeness (QED) is 0.722. The molecule has 1 amide bonds. The molecule has 1 aliphatic rings. The van der Waals surface area contributed by atoms with E-state index in [0.717, 1.165) is 0 Å². The first-order chi connectivity index (χ1) is 6.53. The largest absolute Gasteiger partial charge is 0.353 e. The van der Waals surface area contributed by atoms with Gasteiger partial charge in [0.25, 0.3) is 0 Å². The van der Waals surface area contributed by atoms with Crippen LogP contribution in [0.2, 0.25) is 0 Å². The standard InChI is InChI=1S/C8H15FN2O.C2H6/c1-6(2)7(12)11-5-8(9)3-10-4-8;1-2/h6,10H,3-5H2,1-2H3,(H,11,12);1-2H3. The Kier molecular flexibility index (Phi) is 5.69. The van der Waals surface area contributed by atoms with Crippen LogP contribution in [0.25, 0.3) is 0 Å². The van der Waals surface area contributed by atoms with Gasteiger partial charge in [-0.1, -0.05) is 27.7 Å². The summed E-state index contributed by atoms with van der Waals surface area (Å²) in [6.07, 6.45) is 0. The van der Waals surface area contributed by atoms with Crippen LogP contribution in [-0.4, -0.2) is 31.2 Å². The third-order valence-electron chi connectivity index (χ3n) is 1.99. The van der Waals surface area contributed by atoms with Gasteiger partial charge in [0.1, 0.15) is 0 Å². The SMILES string of the molecule is CC.CC(C)C(=O)NCC1(F)CNC1. The van der Waals surface area contributed by atoms with Crippen molar-refractivity contribution in [1.29, 1.82) is 0 Å². The van der Waals surface area contributed by atoms with Crippen molar-refractivity contribution in [2.75, 3.05) is 19.6 Å². The van der Waals surface area contributed by atoms with Crippen molar-refractivity contribution >= 4 is 5.91 Å². The van der Waals surface area contributed by atoms with Crippen LogP contribution in [0.15, 0.2) is 0 Å². The number of nitrogens with one attached hydrogen (secondary N) is 2. The first-order valence-corrected chi connectivity index (χ1v) is 5.21. The minimum absolute atomic E-state index is 0.0679. The fraction of sp³-hybridized carbons (Fsp3) is 0.900. The lowest BCUT2D eigenvalue weighted by Crippen LogP contribution is -2.61. The zero-order chi connectivity index (χ0) is 11.2. The molecule has 0 aromatic carbocycles. The maximum atomic E-state index is 13.3. The molecule has 3 nitrogen and oxygen atoms in total. The van der Waals surface area contributed by atoms with Gasteiger partial charge in [-0.15, -0.1) is 0 Å². The lowest BCUT2D eigenvalue weighted by atomic mass is 9.99. The molecule has 14 heavy (non-hydrogen) atoms. The Labute approximate surface area is 85.5 Å². The summed E-state index contributed by atoms with van der Waals surface area (Å²) in [5, 5.41) is 5.40. The van der Waals surface area contributed by atoms with Crippen LogP contribution in [-0.2, 0) is 4.79 Å². The van der Waals surface area contributed by atoms with Crippen LogP contribution in [0.4, 0.5) is 4.39 Å². The second-order valence-electron chi connectivity index (χ2n) is 3.63. The molecule has 0 spiro atoms. The van der Waals surface area contributed by atoms with Crippen molar-refractivity contribution in [2.45, 2.75) is 33.4 Å². The minimum Gasteiger partial charge on any atom is -0.353 e. The van der Waals surface area contributed by atoms with Gasteiger partial charge in [-0.05, 0) is 0 Å². The van der Waals surface area contributed by atoms with E-state index in [-0.39, 0.29) is 18.4 Å². The van der Waals surface area contributed by atoms with Gasteiger partial charge in [-0.2, -0.15) is 0 Å². The van der Waals surface area contributed by atoms with E-state index in [4.69, 9.17) is 0 Å². The van der Waals surface area contributed by atoms with Gasteiger partial charge in [0.15, 0.2) is 5.67 Å². The highest BCUT2D eigenvalue weighted by Gasteiger charge is 2.37. The molecule has 1 aliphatic heterocycles. The monoisotopic (exact) mass is 204 g/mol.